The van der Waals surface area contributed by atoms with Gasteiger partial charge in [0, 0.05) is 12.7 Å². The third kappa shape index (κ3) is 2.41. The fraction of sp³-hybridized carbons (Fsp3) is 0.375. The van der Waals surface area contributed by atoms with Crippen LogP contribution in [0.3, 0.4) is 0 Å². The second kappa shape index (κ2) is 4.09. The molecule has 0 radical (unpaired) electrons. The summed E-state index contributed by atoms with van der Waals surface area (Å²) in [4.78, 5) is 2.92. The first-order valence-electron chi connectivity index (χ1n) is 3.91. The summed E-state index contributed by atoms with van der Waals surface area (Å²) in [5, 5.41) is 0. The van der Waals surface area contributed by atoms with Crippen molar-refractivity contribution >= 4 is 0 Å². The summed E-state index contributed by atoms with van der Waals surface area (Å²) in [6.45, 7) is -0.384. The molecule has 84 valence electrons. The number of rotatable bonds is 2. The van der Waals surface area contributed by atoms with Crippen LogP contribution in [0.1, 0.15) is 23.2 Å². The number of pyridine rings is 1. The van der Waals surface area contributed by atoms with Crippen molar-refractivity contribution in [1.82, 2.24) is 4.98 Å². The van der Waals surface area contributed by atoms with E-state index >= 15 is 0 Å². The Balaban J connectivity index is 3.39. The Labute approximate surface area is 81.9 Å². The Bertz CT molecular complexity index is 347. The monoisotopic (exact) mass is 226 g/mol. The van der Waals surface area contributed by atoms with Gasteiger partial charge in [-0.15, -0.1) is 0 Å². The summed E-state index contributed by atoms with van der Waals surface area (Å²) < 4.78 is 61.7. The topological polar surface area (TPSA) is 38.9 Å². The van der Waals surface area contributed by atoms with Crippen molar-refractivity contribution in [1.29, 1.82) is 0 Å². The molecule has 0 saturated carbocycles. The molecule has 1 rings (SSSR count). The zero-order chi connectivity index (χ0) is 11.6. The minimum Gasteiger partial charge on any atom is -0.326 e. The lowest BCUT2D eigenvalue weighted by atomic mass is 10.1. The maximum absolute atomic E-state index is 12.4. The van der Waals surface area contributed by atoms with Crippen LogP contribution in [0.15, 0.2) is 12.3 Å². The van der Waals surface area contributed by atoms with Crippen LogP contribution < -0.4 is 5.73 Å². The Hall–Kier alpha value is -1.24. The van der Waals surface area contributed by atoms with E-state index in [0.29, 0.717) is 0 Å². The fourth-order valence-corrected chi connectivity index (χ4v) is 1.16. The summed E-state index contributed by atoms with van der Waals surface area (Å²) in [7, 11) is 0. The van der Waals surface area contributed by atoms with Gasteiger partial charge in [-0.3, -0.25) is 4.98 Å². The van der Waals surface area contributed by atoms with Crippen LogP contribution >= 0.6 is 0 Å². The summed E-state index contributed by atoms with van der Waals surface area (Å²) in [5.41, 5.74) is 2.13. The molecule has 0 bridgehead atoms. The van der Waals surface area contributed by atoms with Crippen molar-refractivity contribution in [3.8, 4) is 0 Å². The van der Waals surface area contributed by atoms with E-state index in [4.69, 9.17) is 5.73 Å². The second-order valence-corrected chi connectivity index (χ2v) is 2.73. The smallest absolute Gasteiger partial charge is 0.326 e. The van der Waals surface area contributed by atoms with Gasteiger partial charge in [0.05, 0.1) is 5.56 Å². The lowest BCUT2D eigenvalue weighted by Gasteiger charge is -2.13. The maximum Gasteiger partial charge on any atom is 0.433 e. The number of alkyl halides is 5. The number of hydrogen-bond acceptors (Lipinski definition) is 2. The Morgan fingerprint density at radius 1 is 1.33 bits per heavy atom. The molecule has 0 fully saturated rings. The third-order valence-corrected chi connectivity index (χ3v) is 1.79. The van der Waals surface area contributed by atoms with Gasteiger partial charge in [-0.2, -0.15) is 13.2 Å². The lowest BCUT2D eigenvalue weighted by Crippen LogP contribution is -2.15. The first-order chi connectivity index (χ1) is 6.88. The molecule has 0 aliphatic heterocycles. The van der Waals surface area contributed by atoms with Gasteiger partial charge in [0.25, 0.3) is 6.43 Å². The zero-order valence-electron chi connectivity index (χ0n) is 7.35. The molecule has 1 heterocycles. The van der Waals surface area contributed by atoms with Gasteiger partial charge >= 0.3 is 6.18 Å². The molecule has 0 saturated heterocycles. The fourth-order valence-electron chi connectivity index (χ4n) is 1.16. The van der Waals surface area contributed by atoms with Crippen LogP contribution in [-0.2, 0) is 12.7 Å². The zero-order valence-corrected chi connectivity index (χ0v) is 7.35. The molecule has 0 amide bonds. The highest BCUT2D eigenvalue weighted by Crippen LogP contribution is 2.36. The van der Waals surface area contributed by atoms with Gasteiger partial charge < -0.3 is 5.73 Å². The maximum atomic E-state index is 12.4. The molecule has 15 heavy (non-hydrogen) atoms. The molecule has 0 atom stereocenters. The molecule has 0 aliphatic carbocycles. The minimum atomic E-state index is -4.89. The molecule has 0 unspecified atom stereocenters. The lowest BCUT2D eigenvalue weighted by molar-refractivity contribution is -0.143. The van der Waals surface area contributed by atoms with Crippen molar-refractivity contribution in [2.75, 3.05) is 0 Å². The van der Waals surface area contributed by atoms with Gasteiger partial charge in [0.15, 0.2) is 5.69 Å². The Morgan fingerprint density at radius 2 is 1.93 bits per heavy atom. The van der Waals surface area contributed by atoms with E-state index in [0.717, 1.165) is 12.3 Å². The van der Waals surface area contributed by atoms with Gasteiger partial charge in [-0.25, -0.2) is 8.78 Å². The molecule has 2 N–H and O–H groups in total. The highest BCUT2D eigenvalue weighted by molar-refractivity contribution is 5.32. The normalized spacial score (nSPS) is 12.2. The Morgan fingerprint density at radius 3 is 2.33 bits per heavy atom. The molecule has 0 aliphatic rings. The number of hydrogen-bond donors (Lipinski definition) is 1. The van der Waals surface area contributed by atoms with Crippen molar-refractivity contribution in [3.63, 3.8) is 0 Å². The predicted octanol–water partition coefficient (Wildman–Crippen LogP) is 2.50. The molecular formula is C8H7F5N2. The van der Waals surface area contributed by atoms with Gasteiger partial charge in [-0.1, -0.05) is 0 Å². The molecule has 1 aromatic rings. The van der Waals surface area contributed by atoms with Crippen LogP contribution in [0.2, 0.25) is 0 Å². The summed E-state index contributed by atoms with van der Waals surface area (Å²) in [6.07, 6.45) is -7.32. The molecule has 0 spiro atoms. The number of aromatic nitrogens is 1. The van der Waals surface area contributed by atoms with E-state index in [1.807, 2.05) is 0 Å². The van der Waals surface area contributed by atoms with Crippen molar-refractivity contribution in [2.45, 2.75) is 19.1 Å². The molecule has 0 aromatic carbocycles. The largest absolute Gasteiger partial charge is 0.433 e. The van der Waals surface area contributed by atoms with Gasteiger partial charge in [-0.05, 0) is 11.6 Å². The standard InChI is InChI=1S/C8H7F5N2/c9-7(10)5-4(3-14)1-2-15-6(5)8(11,12)13/h1-2,7H,3,14H2. The van der Waals surface area contributed by atoms with Crippen LogP contribution in [-0.4, -0.2) is 4.98 Å². The van der Waals surface area contributed by atoms with Crippen LogP contribution in [0.5, 0.6) is 0 Å². The quantitative estimate of drug-likeness (QED) is 0.787. The summed E-state index contributed by atoms with van der Waals surface area (Å²) >= 11 is 0. The first kappa shape index (κ1) is 11.8. The SMILES string of the molecule is NCc1ccnc(C(F)(F)F)c1C(F)F. The van der Waals surface area contributed by atoms with Crippen LogP contribution in [0.25, 0.3) is 0 Å². The van der Waals surface area contributed by atoms with E-state index in [2.05, 4.69) is 4.98 Å². The van der Waals surface area contributed by atoms with E-state index in [9.17, 15) is 22.0 Å². The van der Waals surface area contributed by atoms with Crippen LogP contribution in [0, 0.1) is 0 Å². The third-order valence-electron chi connectivity index (χ3n) is 1.79. The number of nitrogens with two attached hydrogens (primary N) is 1. The first-order valence-corrected chi connectivity index (χ1v) is 3.91. The Kier molecular flexibility index (Phi) is 3.23. The van der Waals surface area contributed by atoms with E-state index in [1.54, 1.807) is 0 Å². The van der Waals surface area contributed by atoms with E-state index in [1.165, 1.54) is 0 Å². The molecule has 1 aromatic heterocycles. The second-order valence-electron chi connectivity index (χ2n) is 2.73. The van der Waals surface area contributed by atoms with Crippen molar-refractivity contribution in [3.05, 3.63) is 29.1 Å². The summed E-state index contributed by atoms with van der Waals surface area (Å²) in [5.74, 6) is 0. The number of halogens is 5. The molecule has 2 nitrogen and oxygen atoms in total. The van der Waals surface area contributed by atoms with Crippen LogP contribution in [0.4, 0.5) is 22.0 Å². The van der Waals surface area contributed by atoms with Gasteiger partial charge in [0.2, 0.25) is 0 Å². The van der Waals surface area contributed by atoms with E-state index < -0.39 is 23.9 Å². The van der Waals surface area contributed by atoms with Crippen molar-refractivity contribution < 1.29 is 22.0 Å². The average Bonchev–Trinajstić information content (AvgIpc) is 2.15. The van der Waals surface area contributed by atoms with Crippen molar-refractivity contribution in [2.24, 2.45) is 5.73 Å². The highest BCUT2D eigenvalue weighted by atomic mass is 19.4. The van der Waals surface area contributed by atoms with Gasteiger partial charge in [0.1, 0.15) is 0 Å². The average molecular weight is 226 g/mol. The molecule has 7 heteroatoms. The molecular weight excluding hydrogens is 219 g/mol. The predicted molar refractivity (Wildman–Crippen MR) is 42.1 cm³/mol. The highest BCUT2D eigenvalue weighted by Gasteiger charge is 2.38. The minimum absolute atomic E-state index is 0.243. The number of nitrogens with zero attached hydrogens (tertiary/aromatic N) is 1. The summed E-state index contributed by atoms with van der Waals surface area (Å²) in [6, 6.07) is 1.05. The van der Waals surface area contributed by atoms with E-state index in [-0.39, 0.29) is 12.1 Å².